The quantitative estimate of drug-likeness (QED) is 0.198. The zero-order valence-corrected chi connectivity index (χ0v) is 24.1. The molecule has 0 amide bonds. The number of hydrogen-bond acceptors (Lipinski definition) is 2. The Morgan fingerprint density at radius 3 is 1.22 bits per heavy atom. The average molecular weight is 610 g/mol. The number of hydrogen-bond donors (Lipinski definition) is 0. The molecule has 0 unspecified atom stereocenters. The van der Waals surface area contributed by atoms with Crippen LogP contribution in [0.15, 0.2) is 85.2 Å². The molecule has 2 aromatic carbocycles. The third kappa shape index (κ3) is 6.62. The van der Waals surface area contributed by atoms with Crippen molar-refractivity contribution in [3.8, 4) is 11.1 Å². The van der Waals surface area contributed by atoms with E-state index in [1.165, 1.54) is 11.1 Å². The summed E-state index contributed by atoms with van der Waals surface area (Å²) in [6, 6.07) is 23.4. The van der Waals surface area contributed by atoms with E-state index in [1.54, 1.807) is 0 Å². The van der Waals surface area contributed by atoms with Gasteiger partial charge in [0.05, 0.1) is 0 Å². The first-order valence-corrected chi connectivity index (χ1v) is 11.5. The fourth-order valence-corrected chi connectivity index (χ4v) is 4.03. The minimum Gasteiger partial charge on any atom is -1.00 e. The Labute approximate surface area is 234 Å². The Kier molecular flexibility index (Phi) is 10.4. The van der Waals surface area contributed by atoms with Crippen molar-refractivity contribution in [1.29, 1.82) is 0 Å². The van der Waals surface area contributed by atoms with Crippen molar-refractivity contribution in [3.05, 3.63) is 119 Å². The molecule has 4 nitrogen and oxygen atoms in total. The van der Waals surface area contributed by atoms with Crippen molar-refractivity contribution in [1.82, 2.24) is 0 Å². The maximum Gasteiger partial charge on any atom is 0.227 e. The molecular weight excluding hydrogens is 580 g/mol. The van der Waals surface area contributed by atoms with E-state index in [2.05, 4.69) is 0 Å². The minimum absolute atomic E-state index is 0. The Bertz CT molecular complexity index is 1260. The molecule has 2 heterocycles. The van der Waals surface area contributed by atoms with Crippen LogP contribution in [0.5, 0.6) is 0 Å². The van der Waals surface area contributed by atoms with Gasteiger partial charge in [-0.1, -0.05) is 48.5 Å². The third-order valence-electron chi connectivity index (χ3n) is 6.60. The number of rotatable bonds is 7. The standard InChI is InChI=1S/C30H30N2O2.2BrH/c1-21-7-5-17-31(23(21)3)19-29(33)27-13-9-25(10-14-27)26-11-15-28(16-12-26)30(34)20-32-18-6-8-22(2)24(32)4;;/h5-18H,19-20H2,1-4H3;2*1H/q+2;;/p-2. The number of ketones is 2. The molecule has 0 radical (unpaired) electrons. The maximum atomic E-state index is 12.8. The molecule has 4 aromatic rings. The zero-order chi connectivity index (χ0) is 24.2. The molecule has 186 valence electrons. The summed E-state index contributed by atoms with van der Waals surface area (Å²) >= 11 is 0. The molecule has 4 rings (SSSR count). The second kappa shape index (κ2) is 12.8. The number of aryl methyl sites for hydroxylation is 2. The summed E-state index contributed by atoms with van der Waals surface area (Å²) in [7, 11) is 0. The van der Waals surface area contributed by atoms with Crippen molar-refractivity contribution in [2.75, 3.05) is 0 Å². The fourth-order valence-electron chi connectivity index (χ4n) is 4.03. The Hall–Kier alpha value is -2.96. The summed E-state index contributed by atoms with van der Waals surface area (Å²) in [5, 5.41) is 0. The van der Waals surface area contributed by atoms with Gasteiger partial charge in [0.2, 0.25) is 24.7 Å². The van der Waals surface area contributed by atoms with Gasteiger partial charge in [-0.05, 0) is 37.1 Å². The van der Waals surface area contributed by atoms with Crippen LogP contribution in [-0.2, 0) is 13.1 Å². The molecule has 0 spiro atoms. The van der Waals surface area contributed by atoms with Gasteiger partial charge in [0, 0.05) is 48.2 Å². The largest absolute Gasteiger partial charge is 1.00 e. The van der Waals surface area contributed by atoms with Crippen LogP contribution in [0.25, 0.3) is 11.1 Å². The monoisotopic (exact) mass is 608 g/mol. The van der Waals surface area contributed by atoms with Crippen molar-refractivity contribution in [3.63, 3.8) is 0 Å². The molecular formula is C30H30Br2N2O2. The molecule has 6 heteroatoms. The van der Waals surface area contributed by atoms with Crippen LogP contribution in [0.3, 0.4) is 0 Å². The summed E-state index contributed by atoms with van der Waals surface area (Å²) in [5.41, 5.74) is 7.93. The number of halogens is 2. The summed E-state index contributed by atoms with van der Waals surface area (Å²) in [5.74, 6) is 0.158. The normalized spacial score (nSPS) is 10.2. The summed E-state index contributed by atoms with van der Waals surface area (Å²) in [6.45, 7) is 8.80. The van der Waals surface area contributed by atoms with E-state index < -0.39 is 0 Å². The SMILES string of the molecule is Cc1ccc[n+](CC(=O)c2ccc(-c3ccc(C(=O)C[n+]4cccc(C)c4C)cc3)cc2)c1C.[Br-].[Br-]. The summed E-state index contributed by atoms with van der Waals surface area (Å²) in [4.78, 5) is 25.6. The van der Waals surface area contributed by atoms with Crippen LogP contribution in [0.1, 0.15) is 43.2 Å². The van der Waals surface area contributed by atoms with Gasteiger partial charge in [-0.25, -0.2) is 0 Å². The topological polar surface area (TPSA) is 41.9 Å². The Morgan fingerprint density at radius 2 is 0.889 bits per heavy atom. The van der Waals surface area contributed by atoms with E-state index >= 15 is 0 Å². The smallest absolute Gasteiger partial charge is 0.227 e. The van der Waals surface area contributed by atoms with Gasteiger partial charge < -0.3 is 34.0 Å². The van der Waals surface area contributed by atoms with Gasteiger partial charge in [0.15, 0.2) is 23.8 Å². The zero-order valence-electron chi connectivity index (χ0n) is 21.0. The molecule has 36 heavy (non-hydrogen) atoms. The van der Waals surface area contributed by atoms with Crippen LogP contribution in [0, 0.1) is 27.7 Å². The van der Waals surface area contributed by atoms with Crippen molar-refractivity contribution < 1.29 is 52.7 Å². The van der Waals surface area contributed by atoms with E-state index in [0.717, 1.165) is 22.5 Å². The molecule has 0 aliphatic carbocycles. The lowest BCUT2D eigenvalue weighted by Gasteiger charge is -2.06. The number of aromatic nitrogens is 2. The average Bonchev–Trinajstić information content (AvgIpc) is 2.85. The fraction of sp³-hybridized carbons (Fsp3) is 0.200. The number of pyridine rings is 2. The van der Waals surface area contributed by atoms with E-state index in [1.807, 2.05) is 122 Å². The van der Waals surface area contributed by atoms with Gasteiger partial charge in [-0.15, -0.1) is 0 Å². The highest BCUT2D eigenvalue weighted by molar-refractivity contribution is 5.96. The van der Waals surface area contributed by atoms with Crippen LogP contribution in [0.2, 0.25) is 0 Å². The molecule has 0 aliphatic rings. The highest BCUT2D eigenvalue weighted by atomic mass is 79.9. The van der Waals surface area contributed by atoms with Crippen molar-refractivity contribution in [2.24, 2.45) is 0 Å². The van der Waals surface area contributed by atoms with Crippen LogP contribution in [-0.4, -0.2) is 11.6 Å². The van der Waals surface area contributed by atoms with Crippen molar-refractivity contribution in [2.45, 2.75) is 40.8 Å². The highest BCUT2D eigenvalue weighted by Gasteiger charge is 2.17. The summed E-state index contributed by atoms with van der Waals surface area (Å²) < 4.78 is 3.97. The van der Waals surface area contributed by atoms with Gasteiger partial charge in [0.25, 0.3) is 0 Å². The third-order valence-corrected chi connectivity index (χ3v) is 6.60. The first kappa shape index (κ1) is 29.3. The van der Waals surface area contributed by atoms with E-state index in [-0.39, 0.29) is 45.5 Å². The van der Waals surface area contributed by atoms with Crippen molar-refractivity contribution >= 4 is 11.6 Å². The van der Waals surface area contributed by atoms with E-state index in [0.29, 0.717) is 24.2 Å². The lowest BCUT2D eigenvalue weighted by atomic mass is 10.00. The van der Waals surface area contributed by atoms with Gasteiger partial charge in [-0.3, -0.25) is 9.59 Å². The molecule has 0 N–H and O–H groups in total. The number of carbonyl (C=O) groups is 2. The first-order chi connectivity index (χ1) is 16.3. The van der Waals surface area contributed by atoms with E-state index in [9.17, 15) is 9.59 Å². The molecule has 2 aromatic heterocycles. The van der Waals surface area contributed by atoms with E-state index in [4.69, 9.17) is 0 Å². The Morgan fingerprint density at radius 1 is 0.556 bits per heavy atom. The molecule has 0 saturated carbocycles. The second-order valence-electron chi connectivity index (χ2n) is 8.81. The predicted molar refractivity (Wildman–Crippen MR) is 133 cm³/mol. The van der Waals surface area contributed by atoms with Crippen LogP contribution >= 0.6 is 0 Å². The van der Waals surface area contributed by atoms with Crippen LogP contribution < -0.4 is 43.1 Å². The number of benzene rings is 2. The first-order valence-electron chi connectivity index (χ1n) is 11.5. The predicted octanol–water partition coefficient (Wildman–Crippen LogP) is -1.06. The second-order valence-corrected chi connectivity index (χ2v) is 8.81. The summed E-state index contributed by atoms with van der Waals surface area (Å²) in [6.07, 6.45) is 3.88. The van der Waals surface area contributed by atoms with Crippen LogP contribution in [0.4, 0.5) is 0 Å². The maximum absolute atomic E-state index is 12.8. The number of Topliss-reactive ketones (excluding diaryl/α,β-unsaturated/α-hetero) is 2. The number of carbonyl (C=O) groups excluding carboxylic acids is 2. The Balaban J connectivity index is 0.00000228. The molecule has 0 bridgehead atoms. The molecule has 0 fully saturated rings. The molecule has 0 atom stereocenters. The van der Waals surface area contributed by atoms with Gasteiger partial charge in [0.1, 0.15) is 0 Å². The highest BCUT2D eigenvalue weighted by Crippen LogP contribution is 2.21. The van der Waals surface area contributed by atoms with Gasteiger partial charge >= 0.3 is 0 Å². The minimum atomic E-state index is 0. The lowest BCUT2D eigenvalue weighted by molar-refractivity contribution is -0.689. The molecule has 0 aliphatic heterocycles. The lowest BCUT2D eigenvalue weighted by Crippen LogP contribution is -3.00. The number of nitrogens with zero attached hydrogens (tertiary/aromatic N) is 2. The van der Waals surface area contributed by atoms with Gasteiger partial charge in [-0.2, -0.15) is 9.13 Å². The molecule has 0 saturated heterocycles.